The number of carbonyl (C=O) groups is 2. The van der Waals surface area contributed by atoms with Crippen LogP contribution in [0.15, 0.2) is 22.7 Å². The SMILES string of the molecule is CCOC(=O)N1CCC(NC(=O)CNc2ccc(C)c(Br)c2)CC1. The van der Waals surface area contributed by atoms with Crippen molar-refractivity contribution in [2.75, 3.05) is 31.6 Å². The summed E-state index contributed by atoms with van der Waals surface area (Å²) in [7, 11) is 0. The van der Waals surface area contributed by atoms with Crippen LogP contribution in [0.3, 0.4) is 0 Å². The minimum absolute atomic E-state index is 0.0405. The molecule has 0 aliphatic carbocycles. The topological polar surface area (TPSA) is 70.7 Å². The van der Waals surface area contributed by atoms with E-state index in [9.17, 15) is 9.59 Å². The summed E-state index contributed by atoms with van der Waals surface area (Å²) in [4.78, 5) is 25.4. The molecule has 1 fully saturated rings. The highest BCUT2D eigenvalue weighted by atomic mass is 79.9. The van der Waals surface area contributed by atoms with E-state index in [1.165, 1.54) is 0 Å². The van der Waals surface area contributed by atoms with Gasteiger partial charge in [-0.1, -0.05) is 22.0 Å². The van der Waals surface area contributed by atoms with Crippen LogP contribution in [0.4, 0.5) is 10.5 Å². The van der Waals surface area contributed by atoms with E-state index >= 15 is 0 Å². The normalized spacial score (nSPS) is 15.0. The van der Waals surface area contributed by atoms with Crippen LogP contribution < -0.4 is 10.6 Å². The van der Waals surface area contributed by atoms with E-state index in [-0.39, 0.29) is 24.6 Å². The first kappa shape index (κ1) is 18.6. The number of likely N-dealkylation sites (tertiary alicyclic amines) is 1. The fourth-order valence-electron chi connectivity index (χ4n) is 2.59. The van der Waals surface area contributed by atoms with E-state index in [4.69, 9.17) is 4.74 Å². The number of aryl methyl sites for hydroxylation is 1. The molecule has 1 aliphatic heterocycles. The van der Waals surface area contributed by atoms with Crippen LogP contribution in [0.1, 0.15) is 25.3 Å². The second-order valence-corrected chi connectivity index (χ2v) is 6.70. The standard InChI is InChI=1S/C17H24BrN3O3/c1-3-24-17(23)21-8-6-13(7-9-21)20-16(22)11-19-14-5-4-12(2)15(18)10-14/h4-5,10,13,19H,3,6-9,11H2,1-2H3,(H,20,22). The summed E-state index contributed by atoms with van der Waals surface area (Å²) < 4.78 is 6.00. The van der Waals surface area contributed by atoms with E-state index in [1.807, 2.05) is 25.1 Å². The lowest BCUT2D eigenvalue weighted by molar-refractivity contribution is -0.120. The van der Waals surface area contributed by atoms with E-state index in [1.54, 1.807) is 11.8 Å². The molecule has 24 heavy (non-hydrogen) atoms. The molecule has 2 rings (SSSR count). The lowest BCUT2D eigenvalue weighted by Crippen LogP contribution is -2.47. The van der Waals surface area contributed by atoms with Crippen molar-refractivity contribution in [3.63, 3.8) is 0 Å². The van der Waals surface area contributed by atoms with Crippen LogP contribution in [-0.4, -0.2) is 49.2 Å². The zero-order valence-electron chi connectivity index (χ0n) is 14.1. The molecule has 132 valence electrons. The van der Waals surface area contributed by atoms with Gasteiger partial charge >= 0.3 is 6.09 Å². The summed E-state index contributed by atoms with van der Waals surface area (Å²) >= 11 is 3.48. The molecule has 0 spiro atoms. The second kappa shape index (κ2) is 8.92. The quantitative estimate of drug-likeness (QED) is 0.800. The molecule has 1 saturated heterocycles. The van der Waals surface area contributed by atoms with Crippen LogP contribution in [0.25, 0.3) is 0 Å². The molecule has 1 aromatic rings. The predicted octanol–water partition coefficient (Wildman–Crippen LogP) is 2.91. The van der Waals surface area contributed by atoms with Gasteiger partial charge in [0.05, 0.1) is 13.2 Å². The van der Waals surface area contributed by atoms with Gasteiger partial charge in [0.15, 0.2) is 0 Å². The fraction of sp³-hybridized carbons (Fsp3) is 0.529. The zero-order valence-corrected chi connectivity index (χ0v) is 15.7. The molecule has 1 aliphatic rings. The third-order valence-electron chi connectivity index (χ3n) is 4.01. The number of benzene rings is 1. The van der Waals surface area contributed by atoms with Crippen molar-refractivity contribution in [2.45, 2.75) is 32.7 Å². The van der Waals surface area contributed by atoms with Crippen LogP contribution in [0.2, 0.25) is 0 Å². The van der Waals surface area contributed by atoms with Crippen molar-refractivity contribution in [3.8, 4) is 0 Å². The van der Waals surface area contributed by atoms with Crippen LogP contribution >= 0.6 is 15.9 Å². The molecule has 0 unspecified atom stereocenters. The van der Waals surface area contributed by atoms with E-state index in [2.05, 4.69) is 26.6 Å². The molecule has 6 nitrogen and oxygen atoms in total. The Morgan fingerprint density at radius 3 is 2.67 bits per heavy atom. The van der Waals surface area contributed by atoms with E-state index < -0.39 is 0 Å². The average Bonchev–Trinajstić information content (AvgIpc) is 2.57. The number of rotatable bonds is 5. The Morgan fingerprint density at radius 2 is 2.04 bits per heavy atom. The van der Waals surface area contributed by atoms with Crippen molar-refractivity contribution >= 4 is 33.6 Å². The Kier molecular flexibility index (Phi) is 6.90. The van der Waals surface area contributed by atoms with Crippen LogP contribution in [-0.2, 0) is 9.53 Å². The van der Waals surface area contributed by atoms with Crippen molar-refractivity contribution in [3.05, 3.63) is 28.2 Å². The molecular weight excluding hydrogens is 374 g/mol. The molecular formula is C17H24BrN3O3. The third-order valence-corrected chi connectivity index (χ3v) is 4.87. The largest absolute Gasteiger partial charge is 0.450 e. The monoisotopic (exact) mass is 397 g/mol. The van der Waals surface area contributed by atoms with Gasteiger partial charge in [0.2, 0.25) is 5.91 Å². The Balaban J connectivity index is 1.71. The number of piperidine rings is 1. The molecule has 0 atom stereocenters. The van der Waals surface area contributed by atoms with Gasteiger partial charge < -0.3 is 20.3 Å². The van der Waals surface area contributed by atoms with Gasteiger partial charge in [-0.05, 0) is 44.4 Å². The van der Waals surface area contributed by atoms with E-state index in [0.29, 0.717) is 19.7 Å². The maximum Gasteiger partial charge on any atom is 0.409 e. The maximum atomic E-state index is 12.1. The first-order chi connectivity index (χ1) is 11.5. The number of carbonyl (C=O) groups excluding carboxylic acids is 2. The smallest absolute Gasteiger partial charge is 0.409 e. The summed E-state index contributed by atoms with van der Waals surface area (Å²) in [5.74, 6) is -0.0405. The van der Waals surface area contributed by atoms with Crippen molar-refractivity contribution in [1.82, 2.24) is 10.2 Å². The zero-order chi connectivity index (χ0) is 17.5. The minimum atomic E-state index is -0.270. The summed E-state index contributed by atoms with van der Waals surface area (Å²) in [6.07, 6.45) is 1.23. The highest BCUT2D eigenvalue weighted by Gasteiger charge is 2.24. The molecule has 1 heterocycles. The van der Waals surface area contributed by atoms with Crippen molar-refractivity contribution in [1.29, 1.82) is 0 Å². The van der Waals surface area contributed by atoms with Crippen molar-refractivity contribution in [2.24, 2.45) is 0 Å². The van der Waals surface area contributed by atoms with Crippen LogP contribution in [0, 0.1) is 6.92 Å². The van der Waals surface area contributed by atoms with Gasteiger partial charge in [0.25, 0.3) is 0 Å². The predicted molar refractivity (Wildman–Crippen MR) is 97.1 cm³/mol. The number of anilines is 1. The van der Waals surface area contributed by atoms with Gasteiger partial charge in [-0.2, -0.15) is 0 Å². The number of hydrogen-bond acceptors (Lipinski definition) is 4. The Labute approximate surface area is 151 Å². The average molecular weight is 398 g/mol. The van der Waals surface area contributed by atoms with E-state index in [0.717, 1.165) is 28.6 Å². The Hall–Kier alpha value is -1.76. The van der Waals surface area contributed by atoms with Gasteiger partial charge in [-0.15, -0.1) is 0 Å². The number of nitrogens with zero attached hydrogens (tertiary/aromatic N) is 1. The minimum Gasteiger partial charge on any atom is -0.450 e. The number of hydrogen-bond donors (Lipinski definition) is 2. The second-order valence-electron chi connectivity index (χ2n) is 5.85. The van der Waals surface area contributed by atoms with Gasteiger partial charge in [-0.3, -0.25) is 4.79 Å². The summed E-state index contributed by atoms with van der Waals surface area (Å²) in [5.41, 5.74) is 2.05. The first-order valence-corrected chi connectivity index (χ1v) is 9.00. The molecule has 1 aromatic carbocycles. The molecule has 0 aromatic heterocycles. The number of halogens is 1. The molecule has 2 amide bonds. The molecule has 7 heteroatoms. The highest BCUT2D eigenvalue weighted by molar-refractivity contribution is 9.10. The highest BCUT2D eigenvalue weighted by Crippen LogP contribution is 2.20. The summed E-state index contributed by atoms with van der Waals surface area (Å²) in [5, 5.41) is 6.13. The van der Waals surface area contributed by atoms with Gasteiger partial charge in [0.1, 0.15) is 0 Å². The van der Waals surface area contributed by atoms with Crippen molar-refractivity contribution < 1.29 is 14.3 Å². The third kappa shape index (κ3) is 5.40. The number of amides is 2. The van der Waals surface area contributed by atoms with Gasteiger partial charge in [-0.25, -0.2) is 4.79 Å². The maximum absolute atomic E-state index is 12.1. The number of ether oxygens (including phenoxy) is 1. The lowest BCUT2D eigenvalue weighted by atomic mass is 10.1. The summed E-state index contributed by atoms with van der Waals surface area (Å²) in [6, 6.07) is 6.01. The van der Waals surface area contributed by atoms with Crippen LogP contribution in [0.5, 0.6) is 0 Å². The lowest BCUT2D eigenvalue weighted by Gasteiger charge is -2.31. The van der Waals surface area contributed by atoms with Gasteiger partial charge in [0, 0.05) is 29.3 Å². The Morgan fingerprint density at radius 1 is 1.33 bits per heavy atom. The number of nitrogens with one attached hydrogen (secondary N) is 2. The molecule has 0 bridgehead atoms. The molecule has 0 radical (unpaired) electrons. The Bertz CT molecular complexity index is 586. The summed E-state index contributed by atoms with van der Waals surface area (Å²) in [6.45, 7) is 5.65. The first-order valence-electron chi connectivity index (χ1n) is 8.20. The fourth-order valence-corrected chi connectivity index (χ4v) is 2.96. The molecule has 0 saturated carbocycles. The molecule has 2 N–H and O–H groups in total.